The lowest BCUT2D eigenvalue weighted by molar-refractivity contribution is -0.137. The monoisotopic (exact) mass is 349 g/mol. The maximum Gasteiger partial charge on any atom is 0.222 e. The first-order chi connectivity index (χ1) is 12.0. The van der Waals surface area contributed by atoms with Gasteiger partial charge in [-0.25, -0.2) is 4.68 Å². The molecule has 0 saturated carbocycles. The molecule has 0 N–H and O–H groups in total. The van der Waals surface area contributed by atoms with Crippen molar-refractivity contribution in [3.05, 3.63) is 6.33 Å². The van der Waals surface area contributed by atoms with E-state index in [1.165, 1.54) is 0 Å². The van der Waals surface area contributed by atoms with Gasteiger partial charge in [0.05, 0.1) is 0 Å². The molecule has 1 spiro atoms. The summed E-state index contributed by atoms with van der Waals surface area (Å²) < 4.78 is 1.64. The van der Waals surface area contributed by atoms with Gasteiger partial charge in [0.2, 0.25) is 11.8 Å². The molecule has 9 heteroatoms. The molecule has 2 saturated heterocycles. The number of hydrogen-bond donors (Lipinski definition) is 0. The highest BCUT2D eigenvalue weighted by atomic mass is 16.2. The highest BCUT2D eigenvalue weighted by molar-refractivity contribution is 5.77. The number of rotatable bonds is 4. The smallest absolute Gasteiger partial charge is 0.222 e. The number of carbonyl (C=O) groups is 2. The van der Waals surface area contributed by atoms with E-state index >= 15 is 0 Å². The summed E-state index contributed by atoms with van der Waals surface area (Å²) in [6.45, 7) is 3.73. The minimum absolute atomic E-state index is 0.0792. The van der Waals surface area contributed by atoms with Crippen LogP contribution in [0.5, 0.6) is 0 Å². The fourth-order valence-electron chi connectivity index (χ4n) is 3.80. The summed E-state index contributed by atoms with van der Waals surface area (Å²) in [5.41, 5.74) is -0.0792. The Hall–Kier alpha value is -2.03. The molecule has 138 valence electrons. The third-order valence-corrected chi connectivity index (χ3v) is 5.66. The number of tetrazole rings is 1. The van der Waals surface area contributed by atoms with Crippen molar-refractivity contribution in [1.29, 1.82) is 0 Å². The first kappa shape index (κ1) is 17.8. The maximum absolute atomic E-state index is 12.6. The summed E-state index contributed by atoms with van der Waals surface area (Å²) in [4.78, 5) is 30.8. The minimum atomic E-state index is -0.0792. The molecule has 0 bridgehead atoms. The minimum Gasteiger partial charge on any atom is -0.346 e. The molecule has 3 rings (SSSR count). The predicted molar refractivity (Wildman–Crippen MR) is 90.5 cm³/mol. The molecule has 25 heavy (non-hydrogen) atoms. The molecule has 0 aliphatic carbocycles. The van der Waals surface area contributed by atoms with Gasteiger partial charge in [0.1, 0.15) is 6.33 Å². The Kier molecular flexibility index (Phi) is 5.31. The van der Waals surface area contributed by atoms with Crippen LogP contribution in [0.25, 0.3) is 0 Å². The quantitative estimate of drug-likeness (QED) is 0.736. The van der Waals surface area contributed by atoms with E-state index in [9.17, 15) is 9.59 Å². The van der Waals surface area contributed by atoms with E-state index in [-0.39, 0.29) is 17.4 Å². The summed E-state index contributed by atoms with van der Waals surface area (Å²) in [6, 6.07) is 0. The Morgan fingerprint density at radius 3 is 2.84 bits per heavy atom. The van der Waals surface area contributed by atoms with Crippen molar-refractivity contribution >= 4 is 11.8 Å². The second kappa shape index (κ2) is 7.47. The standard InChI is InChI=1S/C16H27N7O2/c1-20-9-7-16(6-5-14(20)24)12-22(11-10-21(16)2)15(25)4-3-8-23-13-17-18-19-23/h13H,3-12H2,1-2H3/t16-/m1/s1. The summed E-state index contributed by atoms with van der Waals surface area (Å²) in [7, 11) is 3.99. The fraction of sp³-hybridized carbons (Fsp3) is 0.812. The average Bonchev–Trinajstić information content (AvgIpc) is 3.08. The zero-order valence-electron chi connectivity index (χ0n) is 15.1. The molecule has 1 aromatic rings. The first-order valence-electron chi connectivity index (χ1n) is 8.94. The molecule has 2 aliphatic rings. The second-order valence-corrected chi connectivity index (χ2v) is 7.20. The molecular formula is C16H27N7O2. The normalized spacial score (nSPS) is 25.4. The van der Waals surface area contributed by atoms with Gasteiger partial charge >= 0.3 is 0 Å². The van der Waals surface area contributed by atoms with E-state index in [0.717, 1.165) is 38.9 Å². The number of hydrogen-bond acceptors (Lipinski definition) is 6. The van der Waals surface area contributed by atoms with Crippen LogP contribution in [0.1, 0.15) is 32.1 Å². The van der Waals surface area contributed by atoms with E-state index in [2.05, 4.69) is 27.5 Å². The lowest BCUT2D eigenvalue weighted by atomic mass is 9.86. The molecule has 0 radical (unpaired) electrons. The summed E-state index contributed by atoms with van der Waals surface area (Å²) in [5, 5.41) is 11.0. The van der Waals surface area contributed by atoms with Crippen LogP contribution in [-0.2, 0) is 16.1 Å². The van der Waals surface area contributed by atoms with Crippen LogP contribution in [0.2, 0.25) is 0 Å². The number of carbonyl (C=O) groups excluding carboxylic acids is 2. The van der Waals surface area contributed by atoms with Crippen LogP contribution in [0.15, 0.2) is 6.33 Å². The van der Waals surface area contributed by atoms with E-state index in [1.807, 2.05) is 16.8 Å². The van der Waals surface area contributed by atoms with Gasteiger partial charge in [-0.15, -0.1) is 5.10 Å². The summed E-state index contributed by atoms with van der Waals surface area (Å²) in [6.07, 6.45) is 5.08. The van der Waals surface area contributed by atoms with Crippen LogP contribution < -0.4 is 0 Å². The van der Waals surface area contributed by atoms with Crippen molar-refractivity contribution in [2.45, 2.75) is 44.2 Å². The number of likely N-dealkylation sites (tertiary alicyclic amines) is 1. The SMILES string of the molecule is CN1CC[C@]2(CCC1=O)CN(C(=O)CCCn1cnnn1)CCN2C. The van der Waals surface area contributed by atoms with E-state index in [1.54, 1.807) is 11.0 Å². The number of nitrogens with zero attached hydrogens (tertiary/aromatic N) is 7. The third kappa shape index (κ3) is 3.97. The van der Waals surface area contributed by atoms with Crippen LogP contribution in [0.3, 0.4) is 0 Å². The summed E-state index contributed by atoms with van der Waals surface area (Å²) in [5.74, 6) is 0.389. The lowest BCUT2D eigenvalue weighted by Gasteiger charge is -2.49. The molecule has 2 fully saturated rings. The number of piperazine rings is 1. The van der Waals surface area contributed by atoms with E-state index in [4.69, 9.17) is 0 Å². The first-order valence-corrected chi connectivity index (χ1v) is 8.94. The van der Waals surface area contributed by atoms with Crippen molar-refractivity contribution in [2.75, 3.05) is 40.3 Å². The fourth-order valence-corrected chi connectivity index (χ4v) is 3.80. The van der Waals surface area contributed by atoms with Gasteiger partial charge in [0, 0.05) is 58.2 Å². The zero-order chi connectivity index (χ0) is 17.9. The maximum atomic E-state index is 12.6. The topological polar surface area (TPSA) is 87.5 Å². The highest BCUT2D eigenvalue weighted by Crippen LogP contribution is 2.32. The Morgan fingerprint density at radius 2 is 2.08 bits per heavy atom. The molecule has 1 aromatic heterocycles. The summed E-state index contributed by atoms with van der Waals surface area (Å²) >= 11 is 0. The van der Waals surface area contributed by atoms with E-state index < -0.39 is 0 Å². The van der Waals surface area contributed by atoms with Crippen molar-refractivity contribution in [1.82, 2.24) is 34.9 Å². The van der Waals surface area contributed by atoms with Gasteiger partial charge in [-0.05, 0) is 36.7 Å². The zero-order valence-corrected chi connectivity index (χ0v) is 15.1. The molecule has 3 heterocycles. The predicted octanol–water partition coefficient (Wildman–Crippen LogP) is -0.392. The Morgan fingerprint density at radius 1 is 1.24 bits per heavy atom. The van der Waals surface area contributed by atoms with Gasteiger partial charge in [-0.3, -0.25) is 14.5 Å². The van der Waals surface area contributed by atoms with Crippen molar-refractivity contribution in [2.24, 2.45) is 0 Å². The Bertz CT molecular complexity index is 606. The Balaban J connectivity index is 1.57. The van der Waals surface area contributed by atoms with Gasteiger partial charge < -0.3 is 9.80 Å². The molecule has 0 unspecified atom stereocenters. The van der Waals surface area contributed by atoms with Crippen molar-refractivity contribution in [3.8, 4) is 0 Å². The Labute approximate surface area is 147 Å². The van der Waals surface area contributed by atoms with Gasteiger partial charge in [0.25, 0.3) is 0 Å². The molecule has 0 aromatic carbocycles. The molecular weight excluding hydrogens is 322 g/mol. The number of likely N-dealkylation sites (N-methyl/N-ethyl adjacent to an activating group) is 1. The van der Waals surface area contributed by atoms with Crippen molar-refractivity contribution < 1.29 is 9.59 Å². The molecule has 2 aliphatic heterocycles. The van der Waals surface area contributed by atoms with Crippen LogP contribution in [0.4, 0.5) is 0 Å². The van der Waals surface area contributed by atoms with Crippen molar-refractivity contribution in [3.63, 3.8) is 0 Å². The lowest BCUT2D eigenvalue weighted by Crippen LogP contribution is -2.62. The highest BCUT2D eigenvalue weighted by Gasteiger charge is 2.42. The average molecular weight is 349 g/mol. The van der Waals surface area contributed by atoms with E-state index in [0.29, 0.717) is 25.9 Å². The van der Waals surface area contributed by atoms with Crippen LogP contribution in [-0.4, -0.2) is 92.5 Å². The largest absolute Gasteiger partial charge is 0.346 e. The molecule has 9 nitrogen and oxygen atoms in total. The number of aryl methyl sites for hydroxylation is 1. The number of aromatic nitrogens is 4. The second-order valence-electron chi connectivity index (χ2n) is 7.20. The van der Waals surface area contributed by atoms with Gasteiger partial charge in [0.15, 0.2) is 0 Å². The number of amides is 2. The molecule has 2 amide bonds. The third-order valence-electron chi connectivity index (χ3n) is 5.66. The van der Waals surface area contributed by atoms with Gasteiger partial charge in [-0.1, -0.05) is 0 Å². The van der Waals surface area contributed by atoms with Crippen LogP contribution in [0, 0.1) is 0 Å². The van der Waals surface area contributed by atoms with Crippen LogP contribution >= 0.6 is 0 Å². The molecule has 1 atom stereocenters. The van der Waals surface area contributed by atoms with Gasteiger partial charge in [-0.2, -0.15) is 0 Å².